The number of halogens is 1. The van der Waals surface area contributed by atoms with Crippen molar-refractivity contribution in [1.29, 1.82) is 0 Å². The third-order valence-electron chi connectivity index (χ3n) is 2.77. The predicted octanol–water partition coefficient (Wildman–Crippen LogP) is 1.59. The number of nitrogens with one attached hydrogen (secondary N) is 1. The smallest absolute Gasteiger partial charge is 0.322 e. The first kappa shape index (κ1) is 13.5. The van der Waals surface area contributed by atoms with Crippen LogP contribution in [0.15, 0.2) is 33.6 Å². The molecule has 5 nitrogen and oxygen atoms in total. The summed E-state index contributed by atoms with van der Waals surface area (Å²) in [5.41, 5.74) is 0. The molecule has 2 rings (SSSR count). The van der Waals surface area contributed by atoms with E-state index in [1.54, 1.807) is 12.1 Å². The van der Waals surface area contributed by atoms with Crippen LogP contribution >= 0.6 is 15.9 Å². The van der Waals surface area contributed by atoms with Gasteiger partial charge in [0, 0.05) is 4.47 Å². The van der Waals surface area contributed by atoms with Gasteiger partial charge in [0.2, 0.25) is 10.0 Å². The highest BCUT2D eigenvalue weighted by molar-refractivity contribution is 9.10. The van der Waals surface area contributed by atoms with Gasteiger partial charge in [0.1, 0.15) is 6.04 Å². The molecule has 98 valence electrons. The van der Waals surface area contributed by atoms with E-state index >= 15 is 0 Å². The van der Waals surface area contributed by atoms with Crippen LogP contribution in [0.25, 0.3) is 0 Å². The molecule has 0 spiro atoms. The third-order valence-corrected chi connectivity index (χ3v) is 4.75. The molecule has 0 radical (unpaired) electrons. The first-order chi connectivity index (χ1) is 8.40. The lowest BCUT2D eigenvalue weighted by Crippen LogP contribution is -2.42. The van der Waals surface area contributed by atoms with Crippen LogP contribution in [0.2, 0.25) is 0 Å². The molecule has 1 aromatic rings. The van der Waals surface area contributed by atoms with Crippen molar-refractivity contribution in [3.63, 3.8) is 0 Å². The van der Waals surface area contributed by atoms with Crippen molar-refractivity contribution in [3.05, 3.63) is 28.7 Å². The zero-order chi connectivity index (χ0) is 13.3. The largest absolute Gasteiger partial charge is 0.480 e. The quantitative estimate of drug-likeness (QED) is 0.857. The first-order valence-electron chi connectivity index (χ1n) is 5.41. The third kappa shape index (κ3) is 3.09. The number of carboxylic acids is 1. The van der Waals surface area contributed by atoms with Gasteiger partial charge in [0.05, 0.1) is 4.90 Å². The minimum Gasteiger partial charge on any atom is -0.480 e. The SMILES string of the molecule is O=C(O)C(NS(=O)(=O)c1ccc(Br)cc1)C1CC1. The molecule has 1 saturated carbocycles. The number of aliphatic carboxylic acids is 1. The van der Waals surface area contributed by atoms with Crippen molar-refractivity contribution in [1.82, 2.24) is 4.72 Å². The van der Waals surface area contributed by atoms with Crippen LogP contribution < -0.4 is 4.72 Å². The van der Waals surface area contributed by atoms with E-state index in [2.05, 4.69) is 20.7 Å². The van der Waals surface area contributed by atoms with Gasteiger partial charge in [-0.2, -0.15) is 4.72 Å². The Labute approximate surface area is 113 Å². The number of carboxylic acid groups (broad SMARTS) is 1. The Hall–Kier alpha value is -0.920. The molecule has 1 unspecified atom stereocenters. The van der Waals surface area contributed by atoms with Crippen LogP contribution in [0, 0.1) is 5.92 Å². The van der Waals surface area contributed by atoms with Gasteiger partial charge in [-0.05, 0) is 43.0 Å². The van der Waals surface area contributed by atoms with Crippen LogP contribution in [0.5, 0.6) is 0 Å². The first-order valence-corrected chi connectivity index (χ1v) is 7.68. The summed E-state index contributed by atoms with van der Waals surface area (Å²) in [5, 5.41) is 9.00. The van der Waals surface area contributed by atoms with E-state index in [1.165, 1.54) is 12.1 Å². The highest BCUT2D eigenvalue weighted by Gasteiger charge is 2.39. The Balaban J connectivity index is 2.20. The van der Waals surface area contributed by atoms with E-state index in [-0.39, 0.29) is 10.8 Å². The van der Waals surface area contributed by atoms with Gasteiger partial charge < -0.3 is 5.11 Å². The Bertz CT molecular complexity index is 551. The second-order valence-corrected chi connectivity index (χ2v) is 6.86. The van der Waals surface area contributed by atoms with Gasteiger partial charge in [-0.15, -0.1) is 0 Å². The molecular formula is C11H12BrNO4S. The van der Waals surface area contributed by atoms with E-state index in [0.29, 0.717) is 0 Å². The number of sulfonamides is 1. The molecule has 1 fully saturated rings. The molecule has 7 heteroatoms. The lowest BCUT2D eigenvalue weighted by Gasteiger charge is -2.13. The van der Waals surface area contributed by atoms with Crippen LogP contribution in [0.1, 0.15) is 12.8 Å². The Morgan fingerprint density at radius 1 is 1.33 bits per heavy atom. The van der Waals surface area contributed by atoms with E-state index in [4.69, 9.17) is 5.11 Å². The van der Waals surface area contributed by atoms with Gasteiger partial charge in [-0.3, -0.25) is 4.79 Å². The van der Waals surface area contributed by atoms with E-state index in [1.807, 2.05) is 0 Å². The monoisotopic (exact) mass is 333 g/mol. The van der Waals surface area contributed by atoms with E-state index < -0.39 is 22.0 Å². The fourth-order valence-electron chi connectivity index (χ4n) is 1.63. The topological polar surface area (TPSA) is 83.5 Å². The molecule has 1 aliphatic rings. The number of carbonyl (C=O) groups is 1. The van der Waals surface area contributed by atoms with Gasteiger partial charge in [-0.1, -0.05) is 15.9 Å². The minimum absolute atomic E-state index is 0.0672. The van der Waals surface area contributed by atoms with Crippen LogP contribution in [-0.2, 0) is 14.8 Å². The summed E-state index contributed by atoms with van der Waals surface area (Å²) < 4.78 is 27.0. The summed E-state index contributed by atoms with van der Waals surface area (Å²) in [5.74, 6) is -1.22. The average Bonchev–Trinajstić information content (AvgIpc) is 3.10. The number of hydrogen-bond donors (Lipinski definition) is 2. The van der Waals surface area contributed by atoms with Crippen LogP contribution in [-0.4, -0.2) is 25.5 Å². The van der Waals surface area contributed by atoms with Crippen molar-refractivity contribution >= 4 is 31.9 Å². The second kappa shape index (κ2) is 4.99. The van der Waals surface area contributed by atoms with Gasteiger partial charge >= 0.3 is 5.97 Å². The van der Waals surface area contributed by atoms with Crippen LogP contribution in [0.4, 0.5) is 0 Å². The summed E-state index contributed by atoms with van der Waals surface area (Å²) in [7, 11) is -3.78. The molecule has 1 aliphatic carbocycles. The normalized spacial score (nSPS) is 17.4. The summed E-state index contributed by atoms with van der Waals surface area (Å²) in [6, 6.07) is 5.03. The number of hydrogen-bond acceptors (Lipinski definition) is 3. The van der Waals surface area contributed by atoms with E-state index in [0.717, 1.165) is 17.3 Å². The summed E-state index contributed by atoms with van der Waals surface area (Å²) in [6.45, 7) is 0. The molecule has 1 atom stereocenters. The molecule has 0 heterocycles. The van der Waals surface area contributed by atoms with Crippen molar-refractivity contribution in [2.24, 2.45) is 5.92 Å². The maximum Gasteiger partial charge on any atom is 0.322 e. The summed E-state index contributed by atoms with van der Waals surface area (Å²) >= 11 is 3.21. The molecule has 0 amide bonds. The average molecular weight is 334 g/mol. The van der Waals surface area contributed by atoms with Crippen molar-refractivity contribution in [2.75, 3.05) is 0 Å². The second-order valence-electron chi connectivity index (χ2n) is 4.23. The van der Waals surface area contributed by atoms with Crippen molar-refractivity contribution in [2.45, 2.75) is 23.8 Å². The lowest BCUT2D eigenvalue weighted by molar-refractivity contribution is -0.139. The fourth-order valence-corrected chi connectivity index (χ4v) is 3.15. The molecule has 1 aromatic carbocycles. The summed E-state index contributed by atoms with van der Waals surface area (Å²) in [6.07, 6.45) is 1.50. The molecule has 0 aliphatic heterocycles. The lowest BCUT2D eigenvalue weighted by atomic mass is 10.2. The molecule has 0 bridgehead atoms. The maximum absolute atomic E-state index is 12.0. The molecular weight excluding hydrogens is 322 g/mol. The van der Waals surface area contributed by atoms with Crippen LogP contribution in [0.3, 0.4) is 0 Å². The minimum atomic E-state index is -3.78. The Morgan fingerprint density at radius 3 is 2.33 bits per heavy atom. The van der Waals surface area contributed by atoms with Crippen molar-refractivity contribution in [3.8, 4) is 0 Å². The van der Waals surface area contributed by atoms with Crippen molar-refractivity contribution < 1.29 is 18.3 Å². The highest BCUT2D eigenvalue weighted by Crippen LogP contribution is 2.33. The molecule has 0 aromatic heterocycles. The Morgan fingerprint density at radius 2 is 1.89 bits per heavy atom. The molecule has 2 N–H and O–H groups in total. The Kier molecular flexibility index (Phi) is 3.74. The van der Waals surface area contributed by atoms with E-state index in [9.17, 15) is 13.2 Å². The highest BCUT2D eigenvalue weighted by atomic mass is 79.9. The predicted molar refractivity (Wildman–Crippen MR) is 68.6 cm³/mol. The zero-order valence-electron chi connectivity index (χ0n) is 9.34. The zero-order valence-corrected chi connectivity index (χ0v) is 11.7. The number of benzene rings is 1. The molecule has 18 heavy (non-hydrogen) atoms. The fraction of sp³-hybridized carbons (Fsp3) is 0.364. The number of rotatable bonds is 5. The van der Waals surface area contributed by atoms with Gasteiger partial charge in [-0.25, -0.2) is 8.42 Å². The standard InChI is InChI=1S/C11H12BrNO4S/c12-8-3-5-9(6-4-8)18(16,17)13-10(11(14)15)7-1-2-7/h3-7,10,13H,1-2H2,(H,14,15). The maximum atomic E-state index is 12.0. The van der Waals surface area contributed by atoms with Gasteiger partial charge in [0.25, 0.3) is 0 Å². The van der Waals surface area contributed by atoms with Gasteiger partial charge in [0.15, 0.2) is 0 Å². The summed E-state index contributed by atoms with van der Waals surface area (Å²) in [4.78, 5) is 11.1. The molecule has 0 saturated heterocycles.